The Morgan fingerprint density at radius 2 is 1.89 bits per heavy atom. The van der Waals surface area contributed by atoms with Gasteiger partial charge in [0.25, 0.3) is 0 Å². The molecule has 0 aliphatic heterocycles. The summed E-state index contributed by atoms with van der Waals surface area (Å²) in [5.74, 6) is 0.673. The molecule has 0 bridgehead atoms. The van der Waals surface area contributed by atoms with Gasteiger partial charge >= 0.3 is 0 Å². The Labute approximate surface area is 113 Å². The van der Waals surface area contributed by atoms with Crippen molar-refractivity contribution in [3.8, 4) is 11.5 Å². The zero-order chi connectivity index (χ0) is 13.7. The van der Waals surface area contributed by atoms with Gasteiger partial charge in [-0.05, 0) is 36.2 Å². The smallest absolute Gasteiger partial charge is 0.160 e. The molecule has 1 atom stereocenters. The molecule has 2 aromatic rings. The lowest BCUT2D eigenvalue weighted by atomic mass is 10.0. The van der Waals surface area contributed by atoms with Crippen LogP contribution in [0, 0.1) is 0 Å². The highest BCUT2D eigenvalue weighted by Gasteiger charge is 2.11. The predicted octanol–water partition coefficient (Wildman–Crippen LogP) is 3.96. The molecule has 2 aromatic carbocycles. The first kappa shape index (κ1) is 13.3. The maximum absolute atomic E-state index is 9.63. The number of methoxy groups -OCH3 is 1. The summed E-state index contributed by atoms with van der Waals surface area (Å²) in [6, 6.07) is 15.7. The van der Waals surface area contributed by atoms with Gasteiger partial charge in [0.15, 0.2) is 11.5 Å². The zero-order valence-corrected chi connectivity index (χ0v) is 11.3. The van der Waals surface area contributed by atoms with E-state index >= 15 is 0 Å². The van der Waals surface area contributed by atoms with Crippen LogP contribution in [0.1, 0.15) is 24.9 Å². The zero-order valence-electron chi connectivity index (χ0n) is 11.3. The molecule has 0 aliphatic carbocycles. The summed E-state index contributed by atoms with van der Waals surface area (Å²) in [6.45, 7) is 2.12. The van der Waals surface area contributed by atoms with E-state index in [2.05, 4.69) is 12.2 Å². The number of ether oxygens (including phenoxy) is 1. The molecule has 2 rings (SSSR count). The van der Waals surface area contributed by atoms with Gasteiger partial charge in [-0.2, -0.15) is 0 Å². The maximum atomic E-state index is 9.63. The fourth-order valence-corrected chi connectivity index (χ4v) is 2.07. The van der Waals surface area contributed by atoms with Gasteiger partial charge in [-0.3, -0.25) is 0 Å². The Morgan fingerprint density at radius 3 is 2.53 bits per heavy atom. The third-order valence-corrected chi connectivity index (χ3v) is 3.13. The molecule has 0 saturated carbocycles. The van der Waals surface area contributed by atoms with Crippen LogP contribution in [0.15, 0.2) is 48.5 Å². The molecule has 0 heterocycles. The normalized spacial score (nSPS) is 11.9. The monoisotopic (exact) mass is 257 g/mol. The topological polar surface area (TPSA) is 41.5 Å². The number of nitrogens with one attached hydrogen (secondary N) is 1. The van der Waals surface area contributed by atoms with Crippen LogP contribution in [-0.2, 0) is 0 Å². The molecule has 0 amide bonds. The fraction of sp³-hybridized carbons (Fsp3) is 0.250. The Balaban J connectivity index is 2.22. The number of hydrogen-bond acceptors (Lipinski definition) is 3. The van der Waals surface area contributed by atoms with Crippen molar-refractivity contribution in [1.29, 1.82) is 0 Å². The first-order valence-corrected chi connectivity index (χ1v) is 6.43. The standard InChI is InChI=1S/C16H19NO2/c1-3-14(17-13-7-5-4-6-8-13)12-9-10-15(18)16(11-12)19-2/h4-11,14,17-18H,3H2,1-2H3. The third-order valence-electron chi connectivity index (χ3n) is 3.13. The van der Waals surface area contributed by atoms with Crippen LogP contribution >= 0.6 is 0 Å². The molecular formula is C16H19NO2. The number of phenolic OH excluding ortho intramolecular Hbond substituents is 1. The van der Waals surface area contributed by atoms with Gasteiger partial charge in [0.2, 0.25) is 0 Å². The maximum Gasteiger partial charge on any atom is 0.160 e. The molecule has 0 aliphatic rings. The summed E-state index contributed by atoms with van der Waals surface area (Å²) in [5, 5.41) is 13.1. The van der Waals surface area contributed by atoms with Gasteiger partial charge in [-0.1, -0.05) is 31.2 Å². The van der Waals surface area contributed by atoms with Gasteiger partial charge in [-0.25, -0.2) is 0 Å². The van der Waals surface area contributed by atoms with Crippen LogP contribution in [0.2, 0.25) is 0 Å². The first-order valence-electron chi connectivity index (χ1n) is 6.43. The van der Waals surface area contributed by atoms with Gasteiger partial charge < -0.3 is 15.2 Å². The summed E-state index contributed by atoms with van der Waals surface area (Å²) < 4.78 is 5.15. The van der Waals surface area contributed by atoms with Crippen LogP contribution in [0.4, 0.5) is 5.69 Å². The minimum Gasteiger partial charge on any atom is -0.504 e. The second-order valence-corrected chi connectivity index (χ2v) is 4.40. The van der Waals surface area contributed by atoms with E-state index in [1.54, 1.807) is 13.2 Å². The summed E-state index contributed by atoms with van der Waals surface area (Å²) in [7, 11) is 1.56. The quantitative estimate of drug-likeness (QED) is 0.851. The van der Waals surface area contributed by atoms with Crippen molar-refractivity contribution in [2.45, 2.75) is 19.4 Å². The SMILES string of the molecule is CCC(Nc1ccccc1)c1ccc(O)c(OC)c1. The van der Waals surface area contributed by atoms with Crippen molar-refractivity contribution in [3.63, 3.8) is 0 Å². The Bertz CT molecular complexity index is 526. The molecule has 0 saturated heterocycles. The fourth-order valence-electron chi connectivity index (χ4n) is 2.07. The van der Waals surface area contributed by atoms with E-state index in [-0.39, 0.29) is 11.8 Å². The average molecular weight is 257 g/mol. The van der Waals surface area contributed by atoms with Crippen LogP contribution in [0.25, 0.3) is 0 Å². The summed E-state index contributed by atoms with van der Waals surface area (Å²) in [4.78, 5) is 0. The number of phenols is 1. The lowest BCUT2D eigenvalue weighted by Crippen LogP contribution is -2.09. The van der Waals surface area contributed by atoms with E-state index in [0.29, 0.717) is 5.75 Å². The molecule has 19 heavy (non-hydrogen) atoms. The van der Waals surface area contributed by atoms with Gasteiger partial charge in [0.1, 0.15) is 0 Å². The molecule has 2 N–H and O–H groups in total. The Hall–Kier alpha value is -2.16. The van der Waals surface area contributed by atoms with Crippen molar-refractivity contribution < 1.29 is 9.84 Å². The molecule has 100 valence electrons. The molecule has 3 nitrogen and oxygen atoms in total. The summed E-state index contributed by atoms with van der Waals surface area (Å²) in [5.41, 5.74) is 2.18. The molecule has 3 heteroatoms. The van der Waals surface area contributed by atoms with Crippen molar-refractivity contribution in [2.24, 2.45) is 0 Å². The number of aromatic hydroxyl groups is 1. The number of para-hydroxylation sites is 1. The highest BCUT2D eigenvalue weighted by atomic mass is 16.5. The minimum atomic E-state index is 0.167. The van der Waals surface area contributed by atoms with Crippen LogP contribution in [-0.4, -0.2) is 12.2 Å². The molecule has 0 spiro atoms. The number of rotatable bonds is 5. The number of benzene rings is 2. The van der Waals surface area contributed by atoms with E-state index in [4.69, 9.17) is 4.74 Å². The lowest BCUT2D eigenvalue weighted by molar-refractivity contribution is 0.372. The summed E-state index contributed by atoms with van der Waals surface area (Å²) >= 11 is 0. The van der Waals surface area contributed by atoms with Crippen molar-refractivity contribution >= 4 is 5.69 Å². The molecule has 0 fully saturated rings. The average Bonchev–Trinajstić information content (AvgIpc) is 2.46. The van der Waals surface area contributed by atoms with E-state index < -0.39 is 0 Å². The minimum absolute atomic E-state index is 0.167. The second-order valence-electron chi connectivity index (χ2n) is 4.40. The van der Waals surface area contributed by atoms with Crippen LogP contribution in [0.3, 0.4) is 0 Å². The van der Waals surface area contributed by atoms with Crippen LogP contribution in [0.5, 0.6) is 11.5 Å². The largest absolute Gasteiger partial charge is 0.504 e. The number of anilines is 1. The van der Waals surface area contributed by atoms with Gasteiger partial charge in [0.05, 0.1) is 13.2 Å². The lowest BCUT2D eigenvalue weighted by Gasteiger charge is -2.19. The predicted molar refractivity (Wildman–Crippen MR) is 77.8 cm³/mol. The van der Waals surface area contributed by atoms with Gasteiger partial charge in [-0.15, -0.1) is 0 Å². The molecular weight excluding hydrogens is 238 g/mol. The molecule has 0 aromatic heterocycles. The van der Waals surface area contributed by atoms with E-state index in [1.807, 2.05) is 42.5 Å². The third kappa shape index (κ3) is 3.19. The highest BCUT2D eigenvalue weighted by molar-refractivity contribution is 5.48. The highest BCUT2D eigenvalue weighted by Crippen LogP contribution is 2.31. The summed E-state index contributed by atoms with van der Waals surface area (Å²) in [6.07, 6.45) is 0.947. The van der Waals surface area contributed by atoms with E-state index in [0.717, 1.165) is 17.7 Å². The molecule has 1 unspecified atom stereocenters. The first-order chi connectivity index (χ1) is 9.24. The van der Waals surface area contributed by atoms with Crippen LogP contribution < -0.4 is 10.1 Å². The Kier molecular flexibility index (Phi) is 4.29. The van der Waals surface area contributed by atoms with Crippen molar-refractivity contribution in [1.82, 2.24) is 0 Å². The Morgan fingerprint density at radius 1 is 1.16 bits per heavy atom. The van der Waals surface area contributed by atoms with Crippen molar-refractivity contribution in [2.75, 3.05) is 12.4 Å². The van der Waals surface area contributed by atoms with Crippen molar-refractivity contribution in [3.05, 3.63) is 54.1 Å². The van der Waals surface area contributed by atoms with Gasteiger partial charge in [0, 0.05) is 5.69 Å². The van der Waals surface area contributed by atoms with E-state index in [1.165, 1.54) is 0 Å². The number of hydrogen-bond donors (Lipinski definition) is 2. The van der Waals surface area contributed by atoms with E-state index in [9.17, 15) is 5.11 Å². The second kappa shape index (κ2) is 6.14. The molecule has 0 radical (unpaired) electrons.